The third kappa shape index (κ3) is 2.36. The summed E-state index contributed by atoms with van der Waals surface area (Å²) in [6.07, 6.45) is 5.23. The number of rotatable bonds is 2. The molecule has 1 aromatic heterocycles. The van der Waals surface area contributed by atoms with E-state index in [1.807, 2.05) is 6.20 Å². The summed E-state index contributed by atoms with van der Waals surface area (Å²) in [7, 11) is 0. The third-order valence-electron chi connectivity index (χ3n) is 3.32. The molecule has 1 aliphatic rings. The van der Waals surface area contributed by atoms with Crippen molar-refractivity contribution >= 4 is 5.57 Å². The molecule has 0 bridgehead atoms. The molecule has 2 heteroatoms. The van der Waals surface area contributed by atoms with Gasteiger partial charge in [-0.05, 0) is 35.5 Å². The Balaban J connectivity index is 2.61. The van der Waals surface area contributed by atoms with E-state index < -0.39 is 0 Å². The van der Waals surface area contributed by atoms with Crippen LogP contribution >= 0.6 is 0 Å². The number of hydrogen-bond acceptors (Lipinski definition) is 2. The van der Waals surface area contributed by atoms with Crippen molar-refractivity contribution in [1.29, 1.82) is 0 Å². The van der Waals surface area contributed by atoms with E-state index in [1.165, 1.54) is 22.4 Å². The number of pyridine rings is 1. The van der Waals surface area contributed by atoms with Crippen LogP contribution in [0.3, 0.4) is 0 Å². The summed E-state index contributed by atoms with van der Waals surface area (Å²) >= 11 is 0. The van der Waals surface area contributed by atoms with Crippen LogP contribution in [0.15, 0.2) is 18.5 Å². The maximum Gasteiger partial charge on any atom is 0.0507 e. The fraction of sp³-hybridized carbons (Fsp3) is 0.533. The van der Waals surface area contributed by atoms with Crippen molar-refractivity contribution in [2.45, 2.75) is 40.0 Å². The van der Waals surface area contributed by atoms with Crippen LogP contribution in [0.2, 0.25) is 0 Å². The summed E-state index contributed by atoms with van der Waals surface area (Å²) in [5.41, 5.74) is 5.47. The highest BCUT2D eigenvalue weighted by Gasteiger charge is 2.19. The molecule has 1 N–H and O–H groups in total. The van der Waals surface area contributed by atoms with Crippen LogP contribution in [-0.4, -0.2) is 11.5 Å². The highest BCUT2D eigenvalue weighted by Crippen LogP contribution is 2.32. The van der Waals surface area contributed by atoms with Gasteiger partial charge in [-0.25, -0.2) is 0 Å². The first-order chi connectivity index (χ1) is 8.11. The molecule has 0 atom stereocenters. The number of nitrogens with one attached hydrogen (secondary N) is 1. The first-order valence-electron chi connectivity index (χ1n) is 6.53. The lowest BCUT2D eigenvalue weighted by Gasteiger charge is -2.19. The van der Waals surface area contributed by atoms with E-state index >= 15 is 0 Å². The molecule has 0 aliphatic carbocycles. The lowest BCUT2D eigenvalue weighted by molar-refractivity contribution is 0.794. The van der Waals surface area contributed by atoms with Crippen LogP contribution in [0.1, 0.15) is 50.4 Å². The minimum Gasteiger partial charge on any atom is -0.390 e. The predicted octanol–water partition coefficient (Wildman–Crippen LogP) is 3.35. The molecule has 2 heterocycles. The molecule has 0 unspecified atom stereocenters. The van der Waals surface area contributed by atoms with Gasteiger partial charge in [-0.2, -0.15) is 0 Å². The van der Waals surface area contributed by atoms with E-state index in [4.69, 9.17) is 0 Å². The average Bonchev–Trinajstić information content (AvgIpc) is 2.50. The molecule has 92 valence electrons. The van der Waals surface area contributed by atoms with E-state index in [-0.39, 0.29) is 0 Å². The molecule has 1 aromatic rings. The summed E-state index contributed by atoms with van der Waals surface area (Å²) in [6.45, 7) is 9.96. The average molecular weight is 230 g/mol. The molecule has 0 saturated heterocycles. The second-order valence-electron chi connectivity index (χ2n) is 5.34. The molecule has 2 rings (SSSR count). The van der Waals surface area contributed by atoms with Crippen molar-refractivity contribution in [1.82, 2.24) is 10.3 Å². The number of fused-ring (bicyclic) bond motifs is 1. The van der Waals surface area contributed by atoms with E-state index in [9.17, 15) is 0 Å². The van der Waals surface area contributed by atoms with E-state index in [0.29, 0.717) is 11.8 Å². The molecule has 0 amide bonds. The topological polar surface area (TPSA) is 24.9 Å². The van der Waals surface area contributed by atoms with Gasteiger partial charge in [0.15, 0.2) is 0 Å². The molecule has 0 fully saturated rings. The smallest absolute Gasteiger partial charge is 0.0507 e. The lowest BCUT2D eigenvalue weighted by atomic mass is 9.88. The molecule has 1 aliphatic heterocycles. The van der Waals surface area contributed by atoms with E-state index in [2.05, 4.69) is 50.3 Å². The van der Waals surface area contributed by atoms with Crippen molar-refractivity contribution in [3.8, 4) is 0 Å². The van der Waals surface area contributed by atoms with Gasteiger partial charge in [0.2, 0.25) is 0 Å². The zero-order valence-corrected chi connectivity index (χ0v) is 11.2. The quantitative estimate of drug-likeness (QED) is 0.842. The van der Waals surface area contributed by atoms with Crippen molar-refractivity contribution in [2.75, 3.05) is 6.54 Å². The lowest BCUT2D eigenvalue weighted by Crippen LogP contribution is -2.07. The monoisotopic (exact) mass is 230 g/mol. The Hall–Kier alpha value is -1.31. The maximum atomic E-state index is 4.60. The highest BCUT2D eigenvalue weighted by atomic mass is 14.8. The largest absolute Gasteiger partial charge is 0.390 e. The molecule has 0 spiro atoms. The Morgan fingerprint density at radius 1 is 1.18 bits per heavy atom. The predicted molar refractivity (Wildman–Crippen MR) is 72.8 cm³/mol. The van der Waals surface area contributed by atoms with Gasteiger partial charge in [0, 0.05) is 24.5 Å². The fourth-order valence-electron chi connectivity index (χ4n) is 2.42. The van der Waals surface area contributed by atoms with Gasteiger partial charge < -0.3 is 5.32 Å². The SMILES string of the molecule is CC(C)C1=CNCCc2ccnc(C(C)C)c21. The second kappa shape index (κ2) is 4.91. The highest BCUT2D eigenvalue weighted by molar-refractivity contribution is 5.72. The standard InChI is InChI=1S/C15H22N2/c1-10(2)13-9-16-7-5-12-6-8-17-15(11(3)4)14(12)13/h6,8-11,16H,5,7H2,1-4H3. The molecule has 0 saturated carbocycles. The Kier molecular flexibility index (Phi) is 3.51. The molecule has 17 heavy (non-hydrogen) atoms. The van der Waals surface area contributed by atoms with E-state index in [1.54, 1.807) is 0 Å². The van der Waals surface area contributed by atoms with Crippen LogP contribution in [0, 0.1) is 5.92 Å². The van der Waals surface area contributed by atoms with Gasteiger partial charge in [0.1, 0.15) is 0 Å². The summed E-state index contributed by atoms with van der Waals surface area (Å²) in [5.74, 6) is 1.01. The van der Waals surface area contributed by atoms with Crippen molar-refractivity contribution in [3.05, 3.63) is 35.3 Å². The Labute approximate surface area is 104 Å². The van der Waals surface area contributed by atoms with Crippen molar-refractivity contribution in [2.24, 2.45) is 5.92 Å². The Bertz CT molecular complexity index is 431. The summed E-state index contributed by atoms with van der Waals surface area (Å²) in [6, 6.07) is 2.17. The minimum absolute atomic E-state index is 0.477. The minimum atomic E-state index is 0.477. The first kappa shape index (κ1) is 12.2. The van der Waals surface area contributed by atoms with Crippen molar-refractivity contribution < 1.29 is 0 Å². The van der Waals surface area contributed by atoms with Crippen molar-refractivity contribution in [3.63, 3.8) is 0 Å². The van der Waals surface area contributed by atoms with Crippen LogP contribution in [0.25, 0.3) is 5.57 Å². The zero-order valence-electron chi connectivity index (χ0n) is 11.2. The van der Waals surface area contributed by atoms with Gasteiger partial charge in [-0.15, -0.1) is 0 Å². The molecular formula is C15H22N2. The first-order valence-corrected chi connectivity index (χ1v) is 6.53. The molecule has 2 nitrogen and oxygen atoms in total. The number of nitrogens with zero attached hydrogens (tertiary/aromatic N) is 1. The Morgan fingerprint density at radius 2 is 1.94 bits per heavy atom. The molecular weight excluding hydrogens is 208 g/mol. The summed E-state index contributed by atoms with van der Waals surface area (Å²) < 4.78 is 0. The maximum absolute atomic E-state index is 4.60. The van der Waals surface area contributed by atoms with Gasteiger partial charge in [-0.1, -0.05) is 27.7 Å². The molecule has 0 radical (unpaired) electrons. The van der Waals surface area contributed by atoms with E-state index in [0.717, 1.165) is 13.0 Å². The van der Waals surface area contributed by atoms with Gasteiger partial charge in [-0.3, -0.25) is 4.98 Å². The van der Waals surface area contributed by atoms with Gasteiger partial charge in [0.25, 0.3) is 0 Å². The van der Waals surface area contributed by atoms with Crippen LogP contribution < -0.4 is 5.32 Å². The number of allylic oxidation sites excluding steroid dienone is 1. The molecule has 0 aromatic carbocycles. The van der Waals surface area contributed by atoms with Gasteiger partial charge >= 0.3 is 0 Å². The summed E-state index contributed by atoms with van der Waals surface area (Å²) in [4.78, 5) is 4.60. The van der Waals surface area contributed by atoms with Crippen LogP contribution in [0.4, 0.5) is 0 Å². The fourth-order valence-corrected chi connectivity index (χ4v) is 2.42. The third-order valence-corrected chi connectivity index (χ3v) is 3.32. The second-order valence-corrected chi connectivity index (χ2v) is 5.34. The summed E-state index contributed by atoms with van der Waals surface area (Å²) in [5, 5.41) is 3.40. The zero-order chi connectivity index (χ0) is 12.4. The number of aromatic nitrogens is 1. The van der Waals surface area contributed by atoms with Crippen LogP contribution in [-0.2, 0) is 6.42 Å². The normalized spacial score (nSPS) is 15.3. The number of hydrogen-bond donors (Lipinski definition) is 1. The Morgan fingerprint density at radius 3 is 2.59 bits per heavy atom. The van der Waals surface area contributed by atoms with Gasteiger partial charge in [0.05, 0.1) is 5.69 Å². The van der Waals surface area contributed by atoms with Crippen LogP contribution in [0.5, 0.6) is 0 Å².